The maximum Gasteiger partial charge on any atom is 0.307 e. The van der Waals surface area contributed by atoms with E-state index in [9.17, 15) is 4.79 Å². The average Bonchev–Trinajstić information content (AvgIpc) is 3.15. The van der Waals surface area contributed by atoms with Crippen LogP contribution in [0, 0.1) is 5.92 Å². The second kappa shape index (κ2) is 6.52. The van der Waals surface area contributed by atoms with Gasteiger partial charge in [0.25, 0.3) is 5.89 Å². The topological polar surface area (TPSA) is 70.4 Å². The van der Waals surface area contributed by atoms with E-state index in [1.807, 2.05) is 31.3 Å². The standard InChI is InChI=1S/C19H24N4O2/c1-12-17(13-7-9-23(12)10-8-13)22-18(24)19-21-11-16(25-19)14-5-3-4-6-15(14)20-2/h3-6,11-13,17,20H,7-10H2,1-2H3,(H,22,24)/t12-,17-/m0/s1. The third-order valence-electron chi connectivity index (χ3n) is 5.64. The van der Waals surface area contributed by atoms with Crippen molar-refractivity contribution in [1.82, 2.24) is 15.2 Å². The summed E-state index contributed by atoms with van der Waals surface area (Å²) in [4.78, 5) is 19.3. The summed E-state index contributed by atoms with van der Waals surface area (Å²) in [6.45, 7) is 4.48. The number of para-hydroxylation sites is 1. The molecular weight excluding hydrogens is 316 g/mol. The lowest BCUT2D eigenvalue weighted by atomic mass is 9.79. The van der Waals surface area contributed by atoms with Crippen molar-refractivity contribution in [3.8, 4) is 11.3 Å². The molecule has 1 aromatic heterocycles. The van der Waals surface area contributed by atoms with Crippen LogP contribution in [0.4, 0.5) is 5.69 Å². The van der Waals surface area contributed by atoms with Gasteiger partial charge in [0.05, 0.1) is 6.20 Å². The molecular formula is C19H24N4O2. The van der Waals surface area contributed by atoms with E-state index in [0.717, 1.165) is 37.2 Å². The number of piperidine rings is 3. The van der Waals surface area contributed by atoms with Gasteiger partial charge in [-0.3, -0.25) is 9.69 Å². The number of fused-ring (bicyclic) bond motifs is 3. The first-order valence-corrected chi connectivity index (χ1v) is 8.95. The molecule has 6 heteroatoms. The summed E-state index contributed by atoms with van der Waals surface area (Å²) in [6, 6.07) is 8.35. The Kier molecular flexibility index (Phi) is 4.21. The minimum atomic E-state index is -0.223. The first-order chi connectivity index (χ1) is 12.2. The summed E-state index contributed by atoms with van der Waals surface area (Å²) in [5, 5.41) is 6.29. The van der Waals surface area contributed by atoms with E-state index in [1.165, 1.54) is 0 Å². The van der Waals surface area contributed by atoms with Gasteiger partial charge in [-0.15, -0.1) is 0 Å². The van der Waals surface area contributed by atoms with E-state index >= 15 is 0 Å². The fourth-order valence-corrected chi connectivity index (χ4v) is 4.18. The number of nitrogens with zero attached hydrogens (tertiary/aromatic N) is 2. The van der Waals surface area contributed by atoms with Crippen molar-refractivity contribution < 1.29 is 9.21 Å². The summed E-state index contributed by atoms with van der Waals surface area (Å²) >= 11 is 0. The van der Waals surface area contributed by atoms with E-state index in [1.54, 1.807) is 6.20 Å². The minimum Gasteiger partial charge on any atom is -0.432 e. The average molecular weight is 340 g/mol. The normalized spacial score (nSPS) is 27.9. The first-order valence-electron chi connectivity index (χ1n) is 8.95. The fraction of sp³-hybridized carbons (Fsp3) is 0.474. The Labute approximate surface area is 147 Å². The number of benzene rings is 1. The summed E-state index contributed by atoms with van der Waals surface area (Å²) in [6.07, 6.45) is 3.92. The van der Waals surface area contributed by atoms with Crippen LogP contribution in [0.5, 0.6) is 0 Å². The van der Waals surface area contributed by atoms with Crippen LogP contribution in [0.25, 0.3) is 11.3 Å². The van der Waals surface area contributed by atoms with Gasteiger partial charge in [-0.25, -0.2) is 4.98 Å². The van der Waals surface area contributed by atoms with Gasteiger partial charge >= 0.3 is 5.91 Å². The predicted octanol–water partition coefficient (Wildman–Crippen LogP) is 2.60. The Morgan fingerprint density at radius 3 is 2.76 bits per heavy atom. The quantitative estimate of drug-likeness (QED) is 0.895. The number of hydrogen-bond acceptors (Lipinski definition) is 5. The molecule has 5 rings (SSSR count). The molecule has 6 nitrogen and oxygen atoms in total. The van der Waals surface area contributed by atoms with Crippen LogP contribution in [0.15, 0.2) is 34.9 Å². The highest BCUT2D eigenvalue weighted by Crippen LogP contribution is 2.32. The van der Waals surface area contributed by atoms with Crippen molar-refractivity contribution in [3.05, 3.63) is 36.4 Å². The molecule has 25 heavy (non-hydrogen) atoms. The molecule has 3 aliphatic rings. The van der Waals surface area contributed by atoms with Gasteiger partial charge < -0.3 is 15.1 Å². The first kappa shape index (κ1) is 16.1. The lowest BCUT2D eigenvalue weighted by Gasteiger charge is -2.49. The number of nitrogens with one attached hydrogen (secondary N) is 2. The summed E-state index contributed by atoms with van der Waals surface area (Å²) in [5.74, 6) is 1.06. The van der Waals surface area contributed by atoms with Crippen molar-refractivity contribution in [1.29, 1.82) is 0 Å². The molecule has 1 aromatic carbocycles. The lowest BCUT2D eigenvalue weighted by molar-refractivity contribution is 0.0210. The van der Waals surface area contributed by atoms with Crippen molar-refractivity contribution in [2.75, 3.05) is 25.5 Å². The number of rotatable bonds is 4. The predicted molar refractivity (Wildman–Crippen MR) is 96.5 cm³/mol. The van der Waals surface area contributed by atoms with Gasteiger partial charge in [-0.05, 0) is 50.9 Å². The SMILES string of the molecule is CNc1ccccc1-c1cnc(C(=O)N[C@@H]2C3CCN(CC3)[C@H]2C)o1. The van der Waals surface area contributed by atoms with E-state index in [-0.39, 0.29) is 17.8 Å². The molecule has 0 unspecified atom stereocenters. The van der Waals surface area contributed by atoms with Crippen LogP contribution < -0.4 is 10.6 Å². The number of oxazole rings is 1. The van der Waals surface area contributed by atoms with Gasteiger partial charge in [-0.2, -0.15) is 0 Å². The maximum atomic E-state index is 12.6. The third-order valence-corrected chi connectivity index (χ3v) is 5.64. The molecule has 2 bridgehead atoms. The zero-order valence-corrected chi connectivity index (χ0v) is 14.7. The number of carbonyl (C=O) groups excluding carboxylic acids is 1. The van der Waals surface area contributed by atoms with Crippen LogP contribution in [-0.2, 0) is 0 Å². The largest absolute Gasteiger partial charge is 0.432 e. The highest BCUT2D eigenvalue weighted by molar-refractivity contribution is 5.90. The van der Waals surface area contributed by atoms with Crippen LogP contribution >= 0.6 is 0 Å². The van der Waals surface area contributed by atoms with Gasteiger partial charge in [0, 0.05) is 30.4 Å². The van der Waals surface area contributed by atoms with Gasteiger partial charge in [0.1, 0.15) is 0 Å². The van der Waals surface area contributed by atoms with Crippen molar-refractivity contribution in [2.24, 2.45) is 5.92 Å². The van der Waals surface area contributed by atoms with Gasteiger partial charge in [-0.1, -0.05) is 12.1 Å². The number of aromatic nitrogens is 1. The molecule has 0 saturated carbocycles. The van der Waals surface area contributed by atoms with E-state index in [0.29, 0.717) is 17.7 Å². The minimum absolute atomic E-state index is 0.129. The summed E-state index contributed by atoms with van der Waals surface area (Å²) in [7, 11) is 1.86. The molecule has 2 atom stereocenters. The molecule has 132 valence electrons. The monoisotopic (exact) mass is 340 g/mol. The Morgan fingerprint density at radius 1 is 1.28 bits per heavy atom. The Hall–Kier alpha value is -2.34. The molecule has 0 radical (unpaired) electrons. The fourth-order valence-electron chi connectivity index (χ4n) is 4.18. The molecule has 3 saturated heterocycles. The van der Waals surface area contributed by atoms with Gasteiger partial charge in [0.15, 0.2) is 5.76 Å². The molecule has 0 spiro atoms. The van der Waals surface area contributed by atoms with Crippen molar-refractivity contribution in [3.63, 3.8) is 0 Å². The Balaban J connectivity index is 1.51. The van der Waals surface area contributed by atoms with Crippen molar-refractivity contribution >= 4 is 11.6 Å². The van der Waals surface area contributed by atoms with Crippen LogP contribution in [-0.4, -0.2) is 48.0 Å². The molecule has 0 aliphatic carbocycles. The highest BCUT2D eigenvalue weighted by Gasteiger charge is 2.40. The molecule has 4 heterocycles. The number of carbonyl (C=O) groups is 1. The zero-order valence-electron chi connectivity index (χ0n) is 14.7. The van der Waals surface area contributed by atoms with E-state index < -0.39 is 0 Å². The second-order valence-electron chi connectivity index (χ2n) is 6.94. The van der Waals surface area contributed by atoms with E-state index in [4.69, 9.17) is 4.42 Å². The van der Waals surface area contributed by atoms with Gasteiger partial charge in [0.2, 0.25) is 0 Å². The van der Waals surface area contributed by atoms with Crippen LogP contribution in [0.1, 0.15) is 30.5 Å². The van der Waals surface area contributed by atoms with E-state index in [2.05, 4.69) is 27.4 Å². The zero-order chi connectivity index (χ0) is 17.4. The highest BCUT2D eigenvalue weighted by atomic mass is 16.4. The number of amides is 1. The summed E-state index contributed by atoms with van der Waals surface area (Å²) in [5.41, 5.74) is 1.84. The van der Waals surface area contributed by atoms with Crippen LogP contribution in [0.3, 0.4) is 0 Å². The Bertz CT molecular complexity index is 762. The van der Waals surface area contributed by atoms with Crippen LogP contribution in [0.2, 0.25) is 0 Å². The number of hydrogen-bond donors (Lipinski definition) is 2. The van der Waals surface area contributed by atoms with Crippen molar-refractivity contribution in [2.45, 2.75) is 31.8 Å². The lowest BCUT2D eigenvalue weighted by Crippen LogP contribution is -2.62. The molecule has 1 amide bonds. The molecule has 2 N–H and O–H groups in total. The maximum absolute atomic E-state index is 12.6. The number of anilines is 1. The molecule has 2 aromatic rings. The second-order valence-corrected chi connectivity index (χ2v) is 6.94. The third kappa shape index (κ3) is 2.91. The summed E-state index contributed by atoms with van der Waals surface area (Å²) < 4.78 is 5.75. The smallest absolute Gasteiger partial charge is 0.307 e. The molecule has 3 aliphatic heterocycles. The molecule has 3 fully saturated rings. The Morgan fingerprint density at radius 2 is 2.04 bits per heavy atom.